The van der Waals surface area contributed by atoms with Crippen molar-refractivity contribution < 1.29 is 0 Å². The zero-order valence-electron chi connectivity index (χ0n) is 19.6. The highest BCUT2D eigenvalue weighted by atomic mass is 14.7. The molecule has 0 fully saturated rings. The summed E-state index contributed by atoms with van der Waals surface area (Å²) in [5, 5.41) is 1.19. The van der Waals surface area contributed by atoms with E-state index in [0.29, 0.717) is 0 Å². The van der Waals surface area contributed by atoms with Gasteiger partial charge in [-0.1, -0.05) is 97.1 Å². The second-order valence-corrected chi connectivity index (χ2v) is 10.3. The number of benzene rings is 5. The van der Waals surface area contributed by atoms with E-state index < -0.39 is 0 Å². The van der Waals surface area contributed by atoms with Crippen LogP contribution in [0.25, 0.3) is 44.3 Å². The van der Waals surface area contributed by atoms with Crippen molar-refractivity contribution in [1.82, 2.24) is 4.98 Å². The quantitative estimate of drug-likeness (QED) is 0.225. The van der Waals surface area contributed by atoms with Crippen molar-refractivity contribution in [3.05, 3.63) is 149 Å². The number of hydrogen-bond donors (Lipinski definition) is 0. The van der Waals surface area contributed by atoms with Gasteiger partial charge in [-0.15, -0.1) is 0 Å². The monoisotopic (exact) mass is 455 g/mol. The SMILES string of the molecule is c1ccc2c(c1)Cc1cc3c(cc1-2)-c1ccccc1C31c2ccccc2-c2c1ccc1cccnc21. The summed E-state index contributed by atoms with van der Waals surface area (Å²) < 4.78 is 0. The molecule has 6 aromatic rings. The maximum atomic E-state index is 4.90. The smallest absolute Gasteiger partial charge is 0.0783 e. The van der Waals surface area contributed by atoms with E-state index in [2.05, 4.69) is 103 Å². The molecule has 1 heteroatoms. The van der Waals surface area contributed by atoms with E-state index in [1.54, 1.807) is 0 Å². The Balaban J connectivity index is 1.46. The third kappa shape index (κ3) is 2.04. The minimum Gasteiger partial charge on any atom is -0.256 e. The van der Waals surface area contributed by atoms with Crippen LogP contribution in [0.15, 0.2) is 115 Å². The average Bonchev–Trinajstić information content (AvgIpc) is 3.55. The lowest BCUT2D eigenvalue weighted by molar-refractivity contribution is 0.793. The minimum atomic E-state index is -0.326. The van der Waals surface area contributed by atoms with E-state index in [-0.39, 0.29) is 5.41 Å². The molecule has 1 nitrogen and oxygen atoms in total. The van der Waals surface area contributed by atoms with Gasteiger partial charge in [0.05, 0.1) is 10.9 Å². The molecule has 0 N–H and O–H groups in total. The zero-order chi connectivity index (χ0) is 23.4. The van der Waals surface area contributed by atoms with Gasteiger partial charge in [-0.25, -0.2) is 0 Å². The second-order valence-electron chi connectivity index (χ2n) is 10.3. The van der Waals surface area contributed by atoms with Crippen LogP contribution in [0.1, 0.15) is 33.4 Å². The van der Waals surface area contributed by atoms with Gasteiger partial charge in [0.25, 0.3) is 0 Å². The topological polar surface area (TPSA) is 12.9 Å². The number of aromatic nitrogens is 1. The minimum absolute atomic E-state index is 0.326. The molecule has 36 heavy (non-hydrogen) atoms. The lowest BCUT2D eigenvalue weighted by atomic mass is 9.70. The predicted molar refractivity (Wildman–Crippen MR) is 146 cm³/mol. The molecule has 5 aromatic carbocycles. The van der Waals surface area contributed by atoms with Crippen molar-refractivity contribution >= 4 is 10.9 Å². The fraction of sp³-hybridized carbons (Fsp3) is 0.0571. The summed E-state index contributed by atoms with van der Waals surface area (Å²) in [5.74, 6) is 0. The van der Waals surface area contributed by atoms with E-state index in [4.69, 9.17) is 4.98 Å². The highest BCUT2D eigenvalue weighted by Crippen LogP contribution is 2.64. The van der Waals surface area contributed by atoms with E-state index in [0.717, 1.165) is 11.9 Å². The summed E-state index contributed by atoms with van der Waals surface area (Å²) in [6.45, 7) is 0. The van der Waals surface area contributed by atoms with Crippen LogP contribution < -0.4 is 0 Å². The molecular weight excluding hydrogens is 434 g/mol. The van der Waals surface area contributed by atoms with Crippen LogP contribution >= 0.6 is 0 Å². The van der Waals surface area contributed by atoms with Gasteiger partial charge in [0.2, 0.25) is 0 Å². The Kier molecular flexibility index (Phi) is 3.33. The molecule has 0 bridgehead atoms. The fourth-order valence-electron chi connectivity index (χ4n) is 7.39. The normalized spacial score (nSPS) is 17.4. The Bertz CT molecular complexity index is 1930. The molecule has 1 atom stereocenters. The molecule has 166 valence electrons. The van der Waals surface area contributed by atoms with Crippen LogP contribution in [0.4, 0.5) is 0 Å². The first-order valence-electron chi connectivity index (χ1n) is 12.7. The Labute approximate surface area is 209 Å². The van der Waals surface area contributed by atoms with E-state index in [1.807, 2.05) is 12.3 Å². The van der Waals surface area contributed by atoms with Gasteiger partial charge in [-0.05, 0) is 79.8 Å². The van der Waals surface area contributed by atoms with Crippen molar-refractivity contribution in [3.8, 4) is 33.4 Å². The van der Waals surface area contributed by atoms with Crippen LogP contribution in [-0.2, 0) is 11.8 Å². The van der Waals surface area contributed by atoms with Crippen molar-refractivity contribution in [1.29, 1.82) is 0 Å². The molecule has 0 saturated heterocycles. The predicted octanol–water partition coefficient (Wildman–Crippen LogP) is 8.15. The first-order valence-corrected chi connectivity index (χ1v) is 12.7. The van der Waals surface area contributed by atoms with E-state index in [9.17, 15) is 0 Å². The van der Waals surface area contributed by atoms with Gasteiger partial charge in [0.15, 0.2) is 0 Å². The Morgan fingerprint density at radius 1 is 0.500 bits per heavy atom. The standard InChI is InChI=1S/C35H21N/c1-2-10-24-22(8-1)18-23-19-32-28(20-27(23)24)25-11-3-5-13-29(25)35(32)30-14-6-4-12-26(30)33-31(35)16-15-21-9-7-17-36-34(21)33/h1-17,19-20H,18H2. The molecule has 1 aromatic heterocycles. The molecule has 9 rings (SSSR count). The summed E-state index contributed by atoms with van der Waals surface area (Å²) in [6.07, 6.45) is 2.93. The van der Waals surface area contributed by atoms with Crippen molar-refractivity contribution in [3.63, 3.8) is 0 Å². The van der Waals surface area contributed by atoms with Crippen molar-refractivity contribution in [2.75, 3.05) is 0 Å². The Hall–Kier alpha value is -4.49. The molecule has 0 aliphatic heterocycles. The molecule has 0 amide bonds. The highest BCUT2D eigenvalue weighted by molar-refractivity contribution is 6.05. The maximum absolute atomic E-state index is 4.90. The molecule has 1 spiro atoms. The van der Waals surface area contributed by atoms with Crippen LogP contribution in [0.3, 0.4) is 0 Å². The van der Waals surface area contributed by atoms with Gasteiger partial charge in [-0.2, -0.15) is 0 Å². The Morgan fingerprint density at radius 2 is 1.25 bits per heavy atom. The van der Waals surface area contributed by atoms with Crippen LogP contribution in [-0.4, -0.2) is 4.98 Å². The van der Waals surface area contributed by atoms with E-state index in [1.165, 1.54) is 72.1 Å². The third-order valence-corrected chi connectivity index (χ3v) is 8.74. The van der Waals surface area contributed by atoms with Gasteiger partial charge in [-0.3, -0.25) is 4.98 Å². The molecule has 3 aliphatic carbocycles. The highest BCUT2D eigenvalue weighted by Gasteiger charge is 2.52. The van der Waals surface area contributed by atoms with Gasteiger partial charge < -0.3 is 0 Å². The third-order valence-electron chi connectivity index (χ3n) is 8.74. The van der Waals surface area contributed by atoms with Gasteiger partial charge in [0.1, 0.15) is 0 Å². The molecule has 0 saturated carbocycles. The van der Waals surface area contributed by atoms with Crippen LogP contribution in [0.5, 0.6) is 0 Å². The summed E-state index contributed by atoms with van der Waals surface area (Å²) in [4.78, 5) is 4.90. The molecule has 3 aliphatic rings. The zero-order valence-corrected chi connectivity index (χ0v) is 19.6. The number of pyridine rings is 1. The number of nitrogens with zero attached hydrogens (tertiary/aromatic N) is 1. The largest absolute Gasteiger partial charge is 0.256 e. The van der Waals surface area contributed by atoms with Crippen molar-refractivity contribution in [2.24, 2.45) is 0 Å². The first kappa shape index (κ1) is 18.8. The molecular formula is C35H21N. The summed E-state index contributed by atoms with van der Waals surface area (Å²) in [7, 11) is 0. The molecule has 1 unspecified atom stereocenters. The number of fused-ring (bicyclic) bond motifs is 15. The van der Waals surface area contributed by atoms with E-state index >= 15 is 0 Å². The van der Waals surface area contributed by atoms with Crippen LogP contribution in [0, 0.1) is 0 Å². The first-order chi connectivity index (χ1) is 17.9. The Morgan fingerprint density at radius 3 is 2.14 bits per heavy atom. The second kappa shape index (κ2) is 6.38. The summed E-state index contributed by atoms with van der Waals surface area (Å²) in [5.41, 5.74) is 17.3. The lowest BCUT2D eigenvalue weighted by Gasteiger charge is -2.30. The summed E-state index contributed by atoms with van der Waals surface area (Å²) in [6, 6.07) is 40.8. The lowest BCUT2D eigenvalue weighted by Crippen LogP contribution is -2.26. The maximum Gasteiger partial charge on any atom is 0.0783 e. The molecule has 1 heterocycles. The average molecular weight is 456 g/mol. The number of hydrogen-bond acceptors (Lipinski definition) is 1. The molecule has 0 radical (unpaired) electrons. The fourth-order valence-corrected chi connectivity index (χ4v) is 7.39. The van der Waals surface area contributed by atoms with Gasteiger partial charge in [0, 0.05) is 17.1 Å². The van der Waals surface area contributed by atoms with Crippen LogP contribution in [0.2, 0.25) is 0 Å². The summed E-state index contributed by atoms with van der Waals surface area (Å²) >= 11 is 0. The van der Waals surface area contributed by atoms with Crippen molar-refractivity contribution in [2.45, 2.75) is 11.8 Å². The number of rotatable bonds is 0. The van der Waals surface area contributed by atoms with Gasteiger partial charge >= 0.3 is 0 Å².